The maximum absolute atomic E-state index is 11.4. The minimum Gasteiger partial charge on any atom is -0.480 e. The Morgan fingerprint density at radius 1 is 1.33 bits per heavy atom. The summed E-state index contributed by atoms with van der Waals surface area (Å²) in [7, 11) is 0. The molecule has 3 heterocycles. The lowest BCUT2D eigenvalue weighted by Crippen LogP contribution is -2.16. The number of hydrogen-bond donors (Lipinski definition) is 1. The van der Waals surface area contributed by atoms with Crippen LogP contribution in [-0.4, -0.2) is 41.1 Å². The Hall–Kier alpha value is -2.48. The SMILES string of the molecule is CCCC[C@H](Sc1ccc2nnc(-c3cccnc3)n2n1)C(=O)O. The fourth-order valence-corrected chi connectivity index (χ4v) is 3.23. The normalized spacial score (nSPS) is 12.4. The van der Waals surface area contributed by atoms with Gasteiger partial charge < -0.3 is 5.11 Å². The number of fused-ring (bicyclic) bond motifs is 1. The van der Waals surface area contributed by atoms with Crippen molar-refractivity contribution in [2.45, 2.75) is 36.5 Å². The van der Waals surface area contributed by atoms with E-state index in [1.807, 2.05) is 19.1 Å². The van der Waals surface area contributed by atoms with Gasteiger partial charge in [-0.1, -0.05) is 31.5 Å². The molecule has 1 atom stereocenters. The third-order valence-corrected chi connectivity index (χ3v) is 4.70. The molecule has 0 aliphatic carbocycles. The number of hydrogen-bond acceptors (Lipinski definition) is 6. The quantitative estimate of drug-likeness (QED) is 0.659. The van der Waals surface area contributed by atoms with Gasteiger partial charge >= 0.3 is 5.97 Å². The summed E-state index contributed by atoms with van der Waals surface area (Å²) in [6.07, 6.45) is 5.84. The molecule has 0 saturated heterocycles. The number of aliphatic carboxylic acids is 1. The number of aromatic nitrogens is 5. The number of unbranched alkanes of at least 4 members (excludes halogenated alkanes) is 1. The first-order valence-electron chi connectivity index (χ1n) is 7.71. The Labute approximate surface area is 143 Å². The Morgan fingerprint density at radius 3 is 2.92 bits per heavy atom. The van der Waals surface area contributed by atoms with Crippen LogP contribution in [0.3, 0.4) is 0 Å². The van der Waals surface area contributed by atoms with E-state index in [4.69, 9.17) is 0 Å². The van der Waals surface area contributed by atoms with E-state index in [-0.39, 0.29) is 0 Å². The van der Waals surface area contributed by atoms with Crippen LogP contribution in [0.5, 0.6) is 0 Å². The van der Waals surface area contributed by atoms with Gasteiger partial charge in [-0.2, -0.15) is 9.61 Å². The molecule has 7 nitrogen and oxygen atoms in total. The summed E-state index contributed by atoms with van der Waals surface area (Å²) < 4.78 is 1.62. The molecular formula is C16H17N5O2S. The van der Waals surface area contributed by atoms with E-state index in [2.05, 4.69) is 20.3 Å². The van der Waals surface area contributed by atoms with E-state index in [1.54, 1.807) is 29.0 Å². The summed E-state index contributed by atoms with van der Waals surface area (Å²) in [5, 5.41) is 22.3. The van der Waals surface area contributed by atoms with Gasteiger partial charge in [0.2, 0.25) is 0 Å². The fraction of sp³-hybridized carbons (Fsp3) is 0.312. The number of carboxylic acids is 1. The van der Waals surface area contributed by atoms with Crippen molar-refractivity contribution >= 4 is 23.4 Å². The lowest BCUT2D eigenvalue weighted by Gasteiger charge is -2.10. The van der Waals surface area contributed by atoms with Crippen LogP contribution < -0.4 is 0 Å². The lowest BCUT2D eigenvalue weighted by atomic mass is 10.2. The van der Waals surface area contributed by atoms with Gasteiger partial charge in [0, 0.05) is 18.0 Å². The molecule has 24 heavy (non-hydrogen) atoms. The lowest BCUT2D eigenvalue weighted by molar-refractivity contribution is -0.136. The molecule has 0 amide bonds. The second-order valence-electron chi connectivity index (χ2n) is 5.29. The predicted molar refractivity (Wildman–Crippen MR) is 90.8 cm³/mol. The van der Waals surface area contributed by atoms with Gasteiger partial charge in [-0.05, 0) is 30.7 Å². The molecule has 0 spiro atoms. The Morgan fingerprint density at radius 2 is 2.21 bits per heavy atom. The van der Waals surface area contributed by atoms with E-state index in [9.17, 15) is 9.90 Å². The van der Waals surface area contributed by atoms with Crippen LogP contribution in [0.4, 0.5) is 0 Å². The van der Waals surface area contributed by atoms with Crippen molar-refractivity contribution < 1.29 is 9.90 Å². The predicted octanol–water partition coefficient (Wildman–Crippen LogP) is 2.92. The van der Waals surface area contributed by atoms with Crippen LogP contribution in [0.1, 0.15) is 26.2 Å². The molecule has 0 saturated carbocycles. The largest absolute Gasteiger partial charge is 0.480 e. The zero-order valence-corrected chi connectivity index (χ0v) is 14.0. The zero-order valence-electron chi connectivity index (χ0n) is 13.2. The molecule has 0 unspecified atom stereocenters. The van der Waals surface area contributed by atoms with Gasteiger partial charge in [0.15, 0.2) is 11.5 Å². The molecule has 3 aromatic heterocycles. The zero-order chi connectivity index (χ0) is 16.9. The van der Waals surface area contributed by atoms with Crippen LogP contribution >= 0.6 is 11.8 Å². The first-order chi connectivity index (χ1) is 11.7. The van der Waals surface area contributed by atoms with E-state index in [0.29, 0.717) is 22.9 Å². The Bertz CT molecular complexity index is 837. The maximum Gasteiger partial charge on any atom is 0.317 e. The van der Waals surface area contributed by atoms with Crippen LogP contribution in [0.25, 0.3) is 17.0 Å². The van der Waals surface area contributed by atoms with Gasteiger partial charge in [-0.3, -0.25) is 9.78 Å². The molecule has 8 heteroatoms. The van der Waals surface area contributed by atoms with Crippen LogP contribution in [0.2, 0.25) is 0 Å². The number of rotatable bonds is 7. The van der Waals surface area contributed by atoms with E-state index in [1.165, 1.54) is 11.8 Å². The van der Waals surface area contributed by atoms with Gasteiger partial charge in [-0.25, -0.2) is 0 Å². The van der Waals surface area contributed by atoms with Crippen molar-refractivity contribution in [1.82, 2.24) is 24.8 Å². The number of carbonyl (C=O) groups is 1. The molecule has 3 aromatic rings. The molecule has 124 valence electrons. The molecule has 0 bridgehead atoms. The van der Waals surface area contributed by atoms with Crippen molar-refractivity contribution in [1.29, 1.82) is 0 Å². The smallest absolute Gasteiger partial charge is 0.317 e. The Balaban J connectivity index is 1.91. The number of thioether (sulfide) groups is 1. The Kier molecular flexibility index (Phi) is 5.05. The second-order valence-corrected chi connectivity index (χ2v) is 6.52. The van der Waals surface area contributed by atoms with Crippen molar-refractivity contribution in [2.75, 3.05) is 0 Å². The summed E-state index contributed by atoms with van der Waals surface area (Å²) in [4.78, 5) is 15.5. The summed E-state index contributed by atoms with van der Waals surface area (Å²) >= 11 is 1.26. The van der Waals surface area contributed by atoms with Gasteiger partial charge in [0.25, 0.3) is 0 Å². The monoisotopic (exact) mass is 343 g/mol. The average molecular weight is 343 g/mol. The minimum absolute atomic E-state index is 0.506. The average Bonchev–Trinajstić information content (AvgIpc) is 3.02. The first kappa shape index (κ1) is 16.4. The van der Waals surface area contributed by atoms with Crippen molar-refractivity contribution in [2.24, 2.45) is 0 Å². The topological polar surface area (TPSA) is 93.3 Å². The third kappa shape index (κ3) is 3.53. The van der Waals surface area contributed by atoms with Crippen molar-refractivity contribution in [3.05, 3.63) is 36.7 Å². The van der Waals surface area contributed by atoms with E-state index in [0.717, 1.165) is 18.4 Å². The maximum atomic E-state index is 11.4. The van der Waals surface area contributed by atoms with Gasteiger partial charge in [0.05, 0.1) is 0 Å². The number of nitrogens with zero attached hydrogens (tertiary/aromatic N) is 5. The number of carboxylic acid groups (broad SMARTS) is 1. The van der Waals surface area contributed by atoms with Gasteiger partial charge in [-0.15, -0.1) is 10.2 Å². The highest BCUT2D eigenvalue weighted by molar-refractivity contribution is 8.00. The summed E-state index contributed by atoms with van der Waals surface area (Å²) in [6, 6.07) is 7.27. The van der Waals surface area contributed by atoms with Crippen molar-refractivity contribution in [3.8, 4) is 11.4 Å². The second kappa shape index (κ2) is 7.39. The molecule has 1 N–H and O–H groups in total. The molecule has 0 aliphatic heterocycles. The van der Waals surface area contributed by atoms with Crippen LogP contribution in [0.15, 0.2) is 41.7 Å². The van der Waals surface area contributed by atoms with Crippen LogP contribution in [-0.2, 0) is 4.79 Å². The highest BCUT2D eigenvalue weighted by Crippen LogP contribution is 2.26. The van der Waals surface area contributed by atoms with E-state index < -0.39 is 11.2 Å². The third-order valence-electron chi connectivity index (χ3n) is 3.52. The highest BCUT2D eigenvalue weighted by atomic mass is 32.2. The fourth-order valence-electron chi connectivity index (χ4n) is 2.28. The molecule has 3 rings (SSSR count). The number of pyridine rings is 1. The van der Waals surface area contributed by atoms with Crippen molar-refractivity contribution in [3.63, 3.8) is 0 Å². The van der Waals surface area contributed by atoms with Gasteiger partial charge in [0.1, 0.15) is 10.3 Å². The van der Waals surface area contributed by atoms with E-state index >= 15 is 0 Å². The molecule has 0 aromatic carbocycles. The minimum atomic E-state index is -0.813. The van der Waals surface area contributed by atoms with Crippen LogP contribution in [0, 0.1) is 0 Å². The summed E-state index contributed by atoms with van der Waals surface area (Å²) in [6.45, 7) is 2.05. The standard InChI is InChI=1S/C16H17N5O2S/c1-2-3-6-12(16(22)23)24-14-8-7-13-18-19-15(21(13)20-14)11-5-4-9-17-10-11/h4-5,7-10,12H,2-3,6H2,1H3,(H,22,23)/t12-/m0/s1. The molecular weight excluding hydrogens is 326 g/mol. The molecule has 0 radical (unpaired) electrons. The molecule has 0 fully saturated rings. The summed E-state index contributed by atoms with van der Waals surface area (Å²) in [5.74, 6) is -0.229. The first-order valence-corrected chi connectivity index (χ1v) is 8.59. The molecule has 0 aliphatic rings. The highest BCUT2D eigenvalue weighted by Gasteiger charge is 2.20. The summed E-state index contributed by atoms with van der Waals surface area (Å²) in [5.41, 5.74) is 1.42.